The Bertz CT molecular complexity index is 1110. The molecule has 1 heterocycles. The van der Waals surface area contributed by atoms with Crippen LogP contribution in [0.5, 0.6) is 0 Å². The fourth-order valence-electron chi connectivity index (χ4n) is 4.58. The zero-order chi connectivity index (χ0) is 25.3. The van der Waals surface area contributed by atoms with Crippen molar-refractivity contribution < 1.29 is 14.3 Å². The topological polar surface area (TPSA) is 54.0 Å². The Kier molecular flexibility index (Phi) is 9.36. The molecule has 3 aromatic carbocycles. The van der Waals surface area contributed by atoms with E-state index >= 15 is 0 Å². The van der Waals surface area contributed by atoms with Crippen molar-refractivity contribution in [2.75, 3.05) is 45.5 Å². The molecule has 36 heavy (non-hydrogen) atoms. The van der Waals surface area contributed by atoms with E-state index in [0.29, 0.717) is 23.9 Å². The molecule has 0 spiro atoms. The molecule has 190 valence electrons. The molecular weight excluding hydrogens is 474 g/mol. The minimum absolute atomic E-state index is 0.122. The lowest BCUT2D eigenvalue weighted by Crippen LogP contribution is -2.36. The summed E-state index contributed by atoms with van der Waals surface area (Å²) in [6.07, 6.45) is 1.21. The number of halogens is 1. The molecule has 2 unspecified atom stereocenters. The maximum atomic E-state index is 12.7. The van der Waals surface area contributed by atoms with Gasteiger partial charge in [0.2, 0.25) is 0 Å². The number of hydrogen-bond donors (Lipinski definition) is 1. The summed E-state index contributed by atoms with van der Waals surface area (Å²) < 4.78 is 10.9. The molecule has 1 aliphatic heterocycles. The van der Waals surface area contributed by atoms with E-state index < -0.39 is 0 Å². The van der Waals surface area contributed by atoms with Crippen molar-refractivity contribution in [1.82, 2.24) is 10.2 Å². The first-order chi connectivity index (χ1) is 17.5. The second kappa shape index (κ2) is 12.9. The number of anilines is 1. The van der Waals surface area contributed by atoms with Crippen LogP contribution in [0.25, 0.3) is 0 Å². The largest absolute Gasteiger partial charge is 0.366 e. The fraction of sp³-hybridized carbons (Fsp3) is 0.345. The first-order valence-corrected chi connectivity index (χ1v) is 12.7. The number of carbonyl (C=O) groups is 1. The molecule has 0 aliphatic carbocycles. The van der Waals surface area contributed by atoms with Crippen LogP contribution in [0.4, 0.5) is 5.69 Å². The number of rotatable bonds is 11. The molecule has 7 heteroatoms. The first-order valence-electron chi connectivity index (χ1n) is 12.3. The van der Waals surface area contributed by atoms with Crippen LogP contribution >= 0.6 is 11.6 Å². The SMILES string of the molecule is COCOC1CCN(CC(c2ccccc2)N(C)c2ccc(C(=O)NCc3ccccc3Cl)cc2)C1. The van der Waals surface area contributed by atoms with Gasteiger partial charge in [-0.15, -0.1) is 0 Å². The van der Waals surface area contributed by atoms with Gasteiger partial charge < -0.3 is 19.7 Å². The fourth-order valence-corrected chi connectivity index (χ4v) is 4.78. The molecule has 3 aromatic rings. The van der Waals surface area contributed by atoms with Gasteiger partial charge in [0.1, 0.15) is 6.79 Å². The van der Waals surface area contributed by atoms with E-state index in [-0.39, 0.29) is 18.1 Å². The summed E-state index contributed by atoms with van der Waals surface area (Å²) in [5.41, 5.74) is 3.82. The third-order valence-corrected chi connectivity index (χ3v) is 7.04. The molecule has 1 amide bonds. The van der Waals surface area contributed by atoms with Gasteiger partial charge in [-0.1, -0.05) is 60.1 Å². The molecule has 2 atom stereocenters. The number of nitrogens with zero attached hydrogens (tertiary/aromatic N) is 2. The minimum Gasteiger partial charge on any atom is -0.366 e. The van der Waals surface area contributed by atoms with Crippen LogP contribution in [0.2, 0.25) is 5.02 Å². The zero-order valence-electron chi connectivity index (χ0n) is 20.9. The molecule has 1 aliphatic rings. The Morgan fingerprint density at radius 2 is 1.81 bits per heavy atom. The lowest BCUT2D eigenvalue weighted by molar-refractivity contribution is -0.0671. The summed E-state index contributed by atoms with van der Waals surface area (Å²) in [5.74, 6) is -0.122. The Morgan fingerprint density at radius 1 is 1.08 bits per heavy atom. The van der Waals surface area contributed by atoms with Gasteiger partial charge >= 0.3 is 0 Å². The quantitative estimate of drug-likeness (QED) is 0.364. The van der Waals surface area contributed by atoms with Gasteiger partial charge in [0.05, 0.1) is 12.1 Å². The first kappa shape index (κ1) is 26.2. The summed E-state index contributed by atoms with van der Waals surface area (Å²) in [6, 6.07) is 26.0. The van der Waals surface area contributed by atoms with Crippen LogP contribution in [-0.4, -0.2) is 57.5 Å². The minimum atomic E-state index is -0.122. The van der Waals surface area contributed by atoms with Crippen molar-refractivity contribution in [3.05, 3.63) is 101 Å². The predicted octanol–water partition coefficient (Wildman–Crippen LogP) is 5.14. The van der Waals surface area contributed by atoms with Crippen molar-refractivity contribution in [2.24, 2.45) is 0 Å². The zero-order valence-corrected chi connectivity index (χ0v) is 21.7. The van der Waals surface area contributed by atoms with E-state index in [1.165, 1.54) is 5.56 Å². The van der Waals surface area contributed by atoms with Gasteiger partial charge in [-0.3, -0.25) is 9.69 Å². The van der Waals surface area contributed by atoms with Gasteiger partial charge in [0.15, 0.2) is 0 Å². The van der Waals surface area contributed by atoms with Crippen LogP contribution in [0, 0.1) is 0 Å². The number of ether oxygens (including phenoxy) is 2. The normalized spacial score (nSPS) is 16.6. The van der Waals surface area contributed by atoms with Crippen LogP contribution in [0.3, 0.4) is 0 Å². The van der Waals surface area contributed by atoms with Crippen molar-refractivity contribution >= 4 is 23.2 Å². The molecular formula is C29H34ClN3O3. The highest BCUT2D eigenvalue weighted by molar-refractivity contribution is 6.31. The van der Waals surface area contributed by atoms with Crippen LogP contribution in [0.1, 0.15) is 33.9 Å². The van der Waals surface area contributed by atoms with Crippen molar-refractivity contribution in [1.29, 1.82) is 0 Å². The van der Waals surface area contributed by atoms with E-state index in [2.05, 4.69) is 46.4 Å². The van der Waals surface area contributed by atoms with E-state index in [0.717, 1.165) is 37.3 Å². The van der Waals surface area contributed by atoms with Gasteiger partial charge in [0.25, 0.3) is 5.91 Å². The molecule has 4 rings (SSSR count). The number of hydrogen-bond acceptors (Lipinski definition) is 5. The molecule has 1 saturated heterocycles. The van der Waals surface area contributed by atoms with Crippen molar-refractivity contribution in [3.63, 3.8) is 0 Å². The molecule has 1 N–H and O–H groups in total. The second-order valence-electron chi connectivity index (χ2n) is 9.10. The Morgan fingerprint density at radius 3 is 2.53 bits per heavy atom. The number of likely N-dealkylation sites (N-methyl/N-ethyl adjacent to an activating group) is 1. The molecule has 0 saturated carbocycles. The summed E-state index contributed by atoms with van der Waals surface area (Å²) in [5, 5.41) is 3.61. The van der Waals surface area contributed by atoms with Crippen LogP contribution in [0.15, 0.2) is 78.9 Å². The highest BCUT2D eigenvalue weighted by atomic mass is 35.5. The number of likely N-dealkylation sites (tertiary alicyclic amines) is 1. The summed E-state index contributed by atoms with van der Waals surface area (Å²) in [7, 11) is 3.76. The highest BCUT2D eigenvalue weighted by Gasteiger charge is 2.28. The maximum Gasteiger partial charge on any atom is 0.251 e. The monoisotopic (exact) mass is 507 g/mol. The molecule has 0 aromatic heterocycles. The van der Waals surface area contributed by atoms with E-state index in [1.807, 2.05) is 54.6 Å². The smallest absolute Gasteiger partial charge is 0.251 e. The average molecular weight is 508 g/mol. The summed E-state index contributed by atoms with van der Waals surface area (Å²) in [4.78, 5) is 17.4. The number of amides is 1. The van der Waals surface area contributed by atoms with Crippen LogP contribution < -0.4 is 10.2 Å². The lowest BCUT2D eigenvalue weighted by Gasteiger charge is -2.33. The molecule has 1 fully saturated rings. The summed E-state index contributed by atoms with van der Waals surface area (Å²) in [6.45, 7) is 3.49. The third kappa shape index (κ3) is 6.86. The van der Waals surface area contributed by atoms with E-state index in [1.54, 1.807) is 7.11 Å². The van der Waals surface area contributed by atoms with Crippen molar-refractivity contribution in [3.8, 4) is 0 Å². The highest BCUT2D eigenvalue weighted by Crippen LogP contribution is 2.28. The third-order valence-electron chi connectivity index (χ3n) is 6.67. The lowest BCUT2D eigenvalue weighted by atomic mass is 10.0. The number of methoxy groups -OCH3 is 1. The maximum absolute atomic E-state index is 12.7. The van der Waals surface area contributed by atoms with Crippen molar-refractivity contribution in [2.45, 2.75) is 25.1 Å². The number of benzene rings is 3. The van der Waals surface area contributed by atoms with Gasteiger partial charge in [-0.2, -0.15) is 0 Å². The number of carbonyl (C=O) groups excluding carboxylic acids is 1. The average Bonchev–Trinajstić information content (AvgIpc) is 3.37. The Hall–Kier alpha value is -2.90. The Labute approximate surface area is 218 Å². The van der Waals surface area contributed by atoms with E-state index in [4.69, 9.17) is 21.1 Å². The standard InChI is InChI=1S/C29H34ClN3O3/c1-32(25-14-12-23(13-15-25)29(34)31-18-24-10-6-7-11-27(24)30)28(22-8-4-3-5-9-22)20-33-17-16-26(19-33)36-21-35-2/h3-15,26,28H,16-21H2,1-2H3,(H,31,34). The van der Waals surface area contributed by atoms with Gasteiger partial charge in [-0.05, 0) is 47.9 Å². The van der Waals surface area contributed by atoms with Crippen LogP contribution in [-0.2, 0) is 16.0 Å². The molecule has 6 nitrogen and oxygen atoms in total. The molecule has 0 radical (unpaired) electrons. The van der Waals surface area contributed by atoms with E-state index in [9.17, 15) is 4.79 Å². The Balaban J connectivity index is 1.42. The van der Waals surface area contributed by atoms with Gasteiger partial charge in [0, 0.05) is 56.6 Å². The summed E-state index contributed by atoms with van der Waals surface area (Å²) >= 11 is 6.21. The van der Waals surface area contributed by atoms with Gasteiger partial charge in [-0.25, -0.2) is 0 Å². The predicted molar refractivity (Wildman–Crippen MR) is 144 cm³/mol. The second-order valence-corrected chi connectivity index (χ2v) is 9.51. The number of nitrogens with one attached hydrogen (secondary N) is 1. The molecule has 0 bridgehead atoms.